The van der Waals surface area contributed by atoms with E-state index in [2.05, 4.69) is 25.7 Å². The van der Waals surface area contributed by atoms with Gasteiger partial charge in [0, 0.05) is 0 Å². The van der Waals surface area contributed by atoms with E-state index in [1.54, 1.807) is 0 Å². The summed E-state index contributed by atoms with van der Waals surface area (Å²) in [6, 6.07) is 0. The van der Waals surface area contributed by atoms with Gasteiger partial charge in [0.2, 0.25) is 0 Å². The molecule has 0 bridgehead atoms. The van der Waals surface area contributed by atoms with Crippen molar-refractivity contribution in [1.29, 1.82) is 0 Å². The minimum Gasteiger partial charge on any atom is -0.481 e. The van der Waals surface area contributed by atoms with Crippen LogP contribution in [0.25, 0.3) is 0 Å². The van der Waals surface area contributed by atoms with Crippen molar-refractivity contribution in [1.82, 2.24) is 4.90 Å². The first-order valence-corrected chi connectivity index (χ1v) is 13.2. The lowest BCUT2D eigenvalue weighted by molar-refractivity contribution is -0.153. The zero-order valence-electron chi connectivity index (χ0n) is 20.8. The van der Waals surface area contributed by atoms with Gasteiger partial charge in [-0.1, -0.05) is 85.0 Å². The van der Waals surface area contributed by atoms with E-state index < -0.39 is 11.9 Å². The Kier molecular flexibility index (Phi) is 21.3. The maximum absolute atomic E-state index is 12.4. The standard InChI is InChI=1S/C26H51NO4/c1-4-7-10-11-12-13-14-17-22-31-26(30)24(23-25(28)29)18-15-16-21-27(19-8-5-2)20-9-6-3/h24H,4-23H2,1-3H3,(H,28,29). The molecule has 0 aromatic heterocycles. The maximum Gasteiger partial charge on any atom is 0.309 e. The van der Waals surface area contributed by atoms with Crippen LogP contribution in [0.3, 0.4) is 0 Å². The number of carboxylic acid groups (broad SMARTS) is 1. The number of carboxylic acids is 1. The summed E-state index contributed by atoms with van der Waals surface area (Å²) < 4.78 is 5.42. The predicted octanol–water partition coefficient (Wildman–Crippen LogP) is 6.83. The minimum atomic E-state index is -0.915. The molecule has 5 nitrogen and oxygen atoms in total. The molecule has 0 aromatic rings. The summed E-state index contributed by atoms with van der Waals surface area (Å²) in [5.41, 5.74) is 0. The summed E-state index contributed by atoms with van der Waals surface area (Å²) in [7, 11) is 0. The molecule has 0 rings (SSSR count). The molecule has 0 aliphatic rings. The molecule has 0 heterocycles. The Morgan fingerprint density at radius 2 is 1.23 bits per heavy atom. The molecule has 1 unspecified atom stereocenters. The molecule has 0 spiro atoms. The first kappa shape index (κ1) is 29.9. The van der Waals surface area contributed by atoms with Gasteiger partial charge in [0.15, 0.2) is 0 Å². The molecule has 184 valence electrons. The van der Waals surface area contributed by atoms with E-state index in [4.69, 9.17) is 4.74 Å². The summed E-state index contributed by atoms with van der Waals surface area (Å²) in [5, 5.41) is 9.19. The molecule has 0 radical (unpaired) electrons. The number of ether oxygens (including phenoxy) is 1. The van der Waals surface area contributed by atoms with Crippen LogP contribution < -0.4 is 0 Å². The smallest absolute Gasteiger partial charge is 0.309 e. The zero-order valence-corrected chi connectivity index (χ0v) is 20.8. The fourth-order valence-corrected chi connectivity index (χ4v) is 3.87. The van der Waals surface area contributed by atoms with Gasteiger partial charge in [0.05, 0.1) is 18.9 Å². The van der Waals surface area contributed by atoms with Crippen LogP contribution in [-0.2, 0) is 14.3 Å². The van der Waals surface area contributed by atoms with E-state index in [0.717, 1.165) is 45.3 Å². The fraction of sp³-hybridized carbons (Fsp3) is 0.923. The molecule has 5 heteroatoms. The van der Waals surface area contributed by atoms with Gasteiger partial charge in [0.1, 0.15) is 0 Å². The molecule has 31 heavy (non-hydrogen) atoms. The van der Waals surface area contributed by atoms with Gasteiger partial charge < -0.3 is 14.7 Å². The summed E-state index contributed by atoms with van der Waals surface area (Å²) in [4.78, 5) is 26.1. The highest BCUT2D eigenvalue weighted by molar-refractivity contribution is 5.79. The van der Waals surface area contributed by atoms with Crippen LogP contribution in [0.15, 0.2) is 0 Å². The lowest BCUT2D eigenvalue weighted by Crippen LogP contribution is -2.27. The van der Waals surface area contributed by atoms with Crippen LogP contribution in [0.5, 0.6) is 0 Å². The highest BCUT2D eigenvalue weighted by Crippen LogP contribution is 2.17. The third-order valence-corrected chi connectivity index (χ3v) is 5.93. The largest absolute Gasteiger partial charge is 0.481 e. The van der Waals surface area contributed by atoms with E-state index in [1.165, 1.54) is 64.2 Å². The van der Waals surface area contributed by atoms with Crippen molar-refractivity contribution in [3.05, 3.63) is 0 Å². The quantitative estimate of drug-likeness (QED) is 0.139. The van der Waals surface area contributed by atoms with Gasteiger partial charge in [-0.05, 0) is 51.7 Å². The third-order valence-electron chi connectivity index (χ3n) is 5.93. The zero-order chi connectivity index (χ0) is 23.2. The van der Waals surface area contributed by atoms with Crippen LogP contribution in [0.2, 0.25) is 0 Å². The number of hydrogen-bond donors (Lipinski definition) is 1. The first-order valence-electron chi connectivity index (χ1n) is 13.2. The monoisotopic (exact) mass is 441 g/mol. The normalized spacial score (nSPS) is 12.3. The maximum atomic E-state index is 12.4. The molecular weight excluding hydrogens is 390 g/mol. The van der Waals surface area contributed by atoms with Crippen molar-refractivity contribution in [2.45, 2.75) is 124 Å². The van der Waals surface area contributed by atoms with Crippen molar-refractivity contribution >= 4 is 11.9 Å². The molecule has 1 N–H and O–H groups in total. The van der Waals surface area contributed by atoms with Crippen LogP contribution in [0.4, 0.5) is 0 Å². The topological polar surface area (TPSA) is 66.8 Å². The fourth-order valence-electron chi connectivity index (χ4n) is 3.87. The minimum absolute atomic E-state index is 0.119. The van der Waals surface area contributed by atoms with Gasteiger partial charge in [-0.2, -0.15) is 0 Å². The van der Waals surface area contributed by atoms with Gasteiger partial charge >= 0.3 is 11.9 Å². The second-order valence-corrected chi connectivity index (χ2v) is 8.98. The SMILES string of the molecule is CCCCCCCCCCOC(=O)C(CCCCN(CCCC)CCCC)CC(=O)O. The van der Waals surface area contributed by atoms with E-state index in [0.29, 0.717) is 13.0 Å². The molecule has 0 fully saturated rings. The van der Waals surface area contributed by atoms with Gasteiger partial charge in [-0.15, -0.1) is 0 Å². The lowest BCUT2D eigenvalue weighted by Gasteiger charge is -2.22. The Hall–Kier alpha value is -1.10. The van der Waals surface area contributed by atoms with Gasteiger partial charge in [0.25, 0.3) is 0 Å². The summed E-state index contributed by atoms with van der Waals surface area (Å²) >= 11 is 0. The Balaban J connectivity index is 4.11. The van der Waals surface area contributed by atoms with E-state index >= 15 is 0 Å². The number of unbranched alkanes of at least 4 members (excludes halogenated alkanes) is 10. The van der Waals surface area contributed by atoms with E-state index in [1.807, 2.05) is 0 Å². The van der Waals surface area contributed by atoms with Gasteiger partial charge in [-0.3, -0.25) is 9.59 Å². The number of carbonyl (C=O) groups is 2. The van der Waals surface area contributed by atoms with Crippen molar-refractivity contribution in [2.24, 2.45) is 5.92 Å². The molecule has 0 saturated carbocycles. The van der Waals surface area contributed by atoms with E-state index in [-0.39, 0.29) is 12.4 Å². The number of carbonyl (C=O) groups excluding carboxylic acids is 1. The Bertz CT molecular complexity index is 420. The second kappa shape index (κ2) is 22.1. The van der Waals surface area contributed by atoms with Crippen LogP contribution >= 0.6 is 0 Å². The van der Waals surface area contributed by atoms with Crippen molar-refractivity contribution in [3.63, 3.8) is 0 Å². The van der Waals surface area contributed by atoms with Crippen LogP contribution in [0.1, 0.15) is 124 Å². The summed E-state index contributed by atoms with van der Waals surface area (Å²) in [6.07, 6.45) is 16.8. The van der Waals surface area contributed by atoms with Crippen LogP contribution in [0, 0.1) is 5.92 Å². The Labute approximate surface area is 192 Å². The Morgan fingerprint density at radius 1 is 0.710 bits per heavy atom. The number of aliphatic carboxylic acids is 1. The number of esters is 1. The highest BCUT2D eigenvalue weighted by atomic mass is 16.5. The van der Waals surface area contributed by atoms with Crippen molar-refractivity contribution in [3.8, 4) is 0 Å². The molecule has 0 saturated heterocycles. The number of hydrogen-bond acceptors (Lipinski definition) is 4. The summed E-state index contributed by atoms with van der Waals surface area (Å²) in [5.74, 6) is -1.74. The highest BCUT2D eigenvalue weighted by Gasteiger charge is 2.22. The number of rotatable bonds is 23. The predicted molar refractivity (Wildman–Crippen MR) is 129 cm³/mol. The first-order chi connectivity index (χ1) is 15.0. The molecule has 1 atom stereocenters. The average Bonchev–Trinajstić information content (AvgIpc) is 2.75. The third kappa shape index (κ3) is 19.3. The van der Waals surface area contributed by atoms with Crippen molar-refractivity contribution in [2.75, 3.05) is 26.2 Å². The Morgan fingerprint density at radius 3 is 1.77 bits per heavy atom. The van der Waals surface area contributed by atoms with E-state index in [9.17, 15) is 14.7 Å². The molecule has 0 aromatic carbocycles. The average molecular weight is 442 g/mol. The molecule has 0 amide bonds. The molecular formula is C26H51NO4. The lowest BCUT2D eigenvalue weighted by atomic mass is 9.98. The van der Waals surface area contributed by atoms with Crippen molar-refractivity contribution < 1.29 is 19.4 Å². The van der Waals surface area contributed by atoms with Gasteiger partial charge in [-0.25, -0.2) is 0 Å². The second-order valence-electron chi connectivity index (χ2n) is 8.98. The van der Waals surface area contributed by atoms with Crippen LogP contribution in [-0.4, -0.2) is 48.2 Å². The molecule has 0 aliphatic carbocycles. The summed E-state index contributed by atoms with van der Waals surface area (Å²) in [6.45, 7) is 10.4. The molecule has 0 aliphatic heterocycles. The number of nitrogens with zero attached hydrogens (tertiary/aromatic N) is 1.